The van der Waals surface area contributed by atoms with E-state index in [1.807, 2.05) is 6.92 Å². The minimum Gasteiger partial charge on any atom is -0.377 e. The summed E-state index contributed by atoms with van der Waals surface area (Å²) in [6, 6.07) is 6.52. The van der Waals surface area contributed by atoms with Gasteiger partial charge in [-0.3, -0.25) is 4.98 Å². The minimum atomic E-state index is -3.75. The van der Waals surface area contributed by atoms with Gasteiger partial charge in [-0.15, -0.1) is 0 Å². The fourth-order valence-corrected chi connectivity index (χ4v) is 4.90. The molecule has 0 spiro atoms. The van der Waals surface area contributed by atoms with E-state index >= 15 is 0 Å². The van der Waals surface area contributed by atoms with E-state index in [2.05, 4.69) is 19.8 Å². The van der Waals surface area contributed by atoms with Crippen LogP contribution in [0.2, 0.25) is 0 Å². The van der Waals surface area contributed by atoms with Gasteiger partial charge in [0.25, 0.3) is 0 Å². The number of ether oxygens (including phenoxy) is 1. The minimum absolute atomic E-state index is 0.227. The topological polar surface area (TPSA) is 99.0 Å². The lowest BCUT2D eigenvalue weighted by Crippen LogP contribution is -2.33. The molecule has 1 aliphatic heterocycles. The number of benzene rings is 1. The van der Waals surface area contributed by atoms with Gasteiger partial charge in [0.15, 0.2) is 5.82 Å². The molecule has 4 rings (SSSR count). The number of sulfonamides is 1. The van der Waals surface area contributed by atoms with Gasteiger partial charge in [-0.2, -0.15) is 5.10 Å². The van der Waals surface area contributed by atoms with E-state index in [1.54, 1.807) is 42.3 Å². The molecule has 0 bridgehead atoms. The molecule has 0 saturated carbocycles. The molecule has 0 amide bonds. The Morgan fingerprint density at radius 1 is 1.33 bits per heavy atom. The molecule has 3 aromatic rings. The van der Waals surface area contributed by atoms with Gasteiger partial charge in [0.2, 0.25) is 10.0 Å². The maximum Gasteiger partial charge on any atom is 0.241 e. The number of nitrogens with one attached hydrogen (secondary N) is 1. The van der Waals surface area contributed by atoms with E-state index in [0.29, 0.717) is 35.6 Å². The third-order valence-electron chi connectivity index (χ3n) is 4.71. The zero-order chi connectivity index (χ0) is 19.0. The van der Waals surface area contributed by atoms with Crippen LogP contribution in [0.25, 0.3) is 10.9 Å². The Morgan fingerprint density at radius 3 is 3.00 bits per heavy atom. The highest BCUT2D eigenvalue weighted by atomic mass is 32.2. The van der Waals surface area contributed by atoms with Crippen LogP contribution < -0.4 is 4.72 Å². The van der Waals surface area contributed by atoms with Crippen LogP contribution in [0.1, 0.15) is 36.1 Å². The predicted molar refractivity (Wildman–Crippen MR) is 99.5 cm³/mol. The summed E-state index contributed by atoms with van der Waals surface area (Å²) in [6.45, 7) is 2.94. The van der Waals surface area contributed by atoms with E-state index < -0.39 is 16.1 Å². The molecular formula is C18H21N5O3S. The standard InChI is InChI=1S/C18H21N5O3S/c1-12-7-8-15(13-5-3-9-19-17(12)13)27(24,25)22-14-6-4-10-23-18(14)20-16(21-23)11-26-2/h3,5,7-9,14,22H,4,6,10-11H2,1-2H3/t14-/m1/s1. The maximum absolute atomic E-state index is 13.1. The van der Waals surface area contributed by atoms with Crippen LogP contribution >= 0.6 is 0 Å². The van der Waals surface area contributed by atoms with Gasteiger partial charge in [0, 0.05) is 25.2 Å². The highest BCUT2D eigenvalue weighted by Gasteiger charge is 2.30. The van der Waals surface area contributed by atoms with E-state index in [-0.39, 0.29) is 4.90 Å². The summed E-state index contributed by atoms with van der Waals surface area (Å²) in [5, 5.41) is 5.00. The Morgan fingerprint density at radius 2 is 2.19 bits per heavy atom. The monoisotopic (exact) mass is 387 g/mol. The number of aromatic nitrogens is 4. The zero-order valence-electron chi connectivity index (χ0n) is 15.2. The van der Waals surface area contributed by atoms with Gasteiger partial charge >= 0.3 is 0 Å². The Hall–Kier alpha value is -2.36. The van der Waals surface area contributed by atoms with Crippen LogP contribution in [0, 0.1) is 6.92 Å². The lowest BCUT2D eigenvalue weighted by molar-refractivity contribution is 0.177. The Kier molecular flexibility index (Phi) is 4.67. The van der Waals surface area contributed by atoms with Gasteiger partial charge in [0.1, 0.15) is 12.4 Å². The molecule has 8 nitrogen and oxygen atoms in total. The summed E-state index contributed by atoms with van der Waals surface area (Å²) in [5.74, 6) is 1.19. The van der Waals surface area contributed by atoms with Gasteiger partial charge < -0.3 is 4.74 Å². The second-order valence-electron chi connectivity index (χ2n) is 6.64. The molecule has 9 heteroatoms. The number of aryl methyl sites for hydroxylation is 2. The summed E-state index contributed by atoms with van der Waals surface area (Å²) in [7, 11) is -2.17. The van der Waals surface area contributed by atoms with E-state index in [4.69, 9.17) is 4.74 Å². The predicted octanol–water partition coefficient (Wildman–Crippen LogP) is 2.09. The summed E-state index contributed by atoms with van der Waals surface area (Å²) >= 11 is 0. The number of hydrogen-bond acceptors (Lipinski definition) is 6. The second kappa shape index (κ2) is 6.99. The molecule has 0 aliphatic carbocycles. The van der Waals surface area contributed by atoms with E-state index in [1.165, 1.54) is 0 Å². The van der Waals surface area contributed by atoms with Crippen molar-refractivity contribution in [2.75, 3.05) is 7.11 Å². The van der Waals surface area contributed by atoms with Gasteiger partial charge in [-0.1, -0.05) is 6.07 Å². The molecule has 0 radical (unpaired) electrons. The SMILES string of the molecule is COCc1nc2n(n1)CCC[C@H]2NS(=O)(=O)c1ccc(C)c2ncccc12. The fourth-order valence-electron chi connectivity index (χ4n) is 3.47. The molecule has 1 atom stereocenters. The molecule has 0 saturated heterocycles. The molecule has 1 aliphatic rings. The van der Waals surface area contributed by atoms with Crippen molar-refractivity contribution in [1.29, 1.82) is 0 Å². The fraction of sp³-hybridized carbons (Fsp3) is 0.389. The highest BCUT2D eigenvalue weighted by Crippen LogP contribution is 2.28. The smallest absolute Gasteiger partial charge is 0.241 e. The van der Waals surface area contributed by atoms with Crippen molar-refractivity contribution in [1.82, 2.24) is 24.5 Å². The molecule has 0 fully saturated rings. The third-order valence-corrected chi connectivity index (χ3v) is 6.24. The Balaban J connectivity index is 1.71. The first-order chi connectivity index (χ1) is 13.0. The Labute approximate surface area is 157 Å². The first-order valence-electron chi connectivity index (χ1n) is 8.79. The van der Waals surface area contributed by atoms with Crippen LogP contribution in [-0.4, -0.2) is 35.3 Å². The highest BCUT2D eigenvalue weighted by molar-refractivity contribution is 7.89. The number of nitrogens with zero attached hydrogens (tertiary/aromatic N) is 4. The summed E-state index contributed by atoms with van der Waals surface area (Å²) in [5.41, 5.74) is 1.63. The zero-order valence-corrected chi connectivity index (χ0v) is 16.0. The van der Waals surface area contributed by atoms with Crippen molar-refractivity contribution in [2.45, 2.75) is 43.9 Å². The lowest BCUT2D eigenvalue weighted by atomic mass is 10.1. The van der Waals surface area contributed by atoms with Crippen molar-refractivity contribution < 1.29 is 13.2 Å². The molecule has 142 valence electrons. The third kappa shape index (κ3) is 3.33. The largest absolute Gasteiger partial charge is 0.377 e. The van der Waals surface area contributed by atoms with Crippen LogP contribution in [0.15, 0.2) is 35.4 Å². The molecule has 1 aromatic carbocycles. The first kappa shape index (κ1) is 18.0. The van der Waals surface area contributed by atoms with Crippen molar-refractivity contribution >= 4 is 20.9 Å². The number of rotatable bonds is 5. The number of fused-ring (bicyclic) bond motifs is 2. The summed E-state index contributed by atoms with van der Waals surface area (Å²) < 4.78 is 36.0. The average Bonchev–Trinajstić information content (AvgIpc) is 3.06. The second-order valence-corrected chi connectivity index (χ2v) is 8.32. The molecule has 27 heavy (non-hydrogen) atoms. The van der Waals surface area contributed by atoms with Gasteiger partial charge in [-0.05, 0) is 43.5 Å². The number of pyridine rings is 1. The molecular weight excluding hydrogens is 366 g/mol. The van der Waals surface area contributed by atoms with Crippen LogP contribution in [0.5, 0.6) is 0 Å². The lowest BCUT2D eigenvalue weighted by Gasteiger charge is -2.23. The molecule has 1 N–H and O–H groups in total. The summed E-state index contributed by atoms with van der Waals surface area (Å²) in [6.07, 6.45) is 3.17. The van der Waals surface area contributed by atoms with Gasteiger partial charge in [-0.25, -0.2) is 22.8 Å². The Bertz CT molecular complexity index is 1090. The normalized spacial score (nSPS) is 17.2. The number of methoxy groups -OCH3 is 1. The quantitative estimate of drug-likeness (QED) is 0.720. The molecule has 3 heterocycles. The first-order valence-corrected chi connectivity index (χ1v) is 10.3. The molecule has 2 aromatic heterocycles. The average molecular weight is 387 g/mol. The van der Waals surface area contributed by atoms with Crippen molar-refractivity contribution in [2.24, 2.45) is 0 Å². The van der Waals surface area contributed by atoms with Crippen molar-refractivity contribution in [3.05, 3.63) is 47.7 Å². The van der Waals surface area contributed by atoms with Crippen molar-refractivity contribution in [3.63, 3.8) is 0 Å². The van der Waals surface area contributed by atoms with Crippen LogP contribution in [0.3, 0.4) is 0 Å². The van der Waals surface area contributed by atoms with Crippen LogP contribution in [-0.2, 0) is 27.9 Å². The van der Waals surface area contributed by atoms with Crippen molar-refractivity contribution in [3.8, 4) is 0 Å². The summed E-state index contributed by atoms with van der Waals surface area (Å²) in [4.78, 5) is 9.02. The maximum atomic E-state index is 13.1. The van der Waals surface area contributed by atoms with Crippen LogP contribution in [0.4, 0.5) is 0 Å². The molecule has 0 unspecified atom stereocenters. The van der Waals surface area contributed by atoms with E-state index in [0.717, 1.165) is 18.5 Å². The number of hydrogen-bond donors (Lipinski definition) is 1. The van der Waals surface area contributed by atoms with E-state index in [9.17, 15) is 8.42 Å². The van der Waals surface area contributed by atoms with Gasteiger partial charge in [0.05, 0.1) is 16.5 Å².